The molecule has 0 aliphatic heterocycles. The van der Waals surface area contributed by atoms with E-state index in [1.54, 1.807) is 6.07 Å². The summed E-state index contributed by atoms with van der Waals surface area (Å²) < 4.78 is 13.9. The Hall–Kier alpha value is -1.68. The quantitative estimate of drug-likeness (QED) is 0.882. The number of nitrogens with one attached hydrogen (secondary N) is 1. The smallest absolute Gasteiger partial charge is 0.149 e. The van der Waals surface area contributed by atoms with Crippen molar-refractivity contribution in [3.05, 3.63) is 35.8 Å². The lowest BCUT2D eigenvalue weighted by atomic mass is 9.92. The van der Waals surface area contributed by atoms with Crippen molar-refractivity contribution in [1.29, 1.82) is 0 Å². The van der Waals surface area contributed by atoms with Gasteiger partial charge in [0, 0.05) is 16.8 Å². The third-order valence-corrected chi connectivity index (χ3v) is 3.99. The van der Waals surface area contributed by atoms with Crippen LogP contribution in [-0.2, 0) is 0 Å². The second kappa shape index (κ2) is 5.37. The van der Waals surface area contributed by atoms with Crippen LogP contribution >= 0.6 is 0 Å². The van der Waals surface area contributed by atoms with Gasteiger partial charge < -0.3 is 10.4 Å². The normalized spacial score (nSPS) is 22.9. The fourth-order valence-corrected chi connectivity index (χ4v) is 2.94. The van der Waals surface area contributed by atoms with Crippen molar-refractivity contribution >= 4 is 16.6 Å². The Kier molecular flexibility index (Phi) is 3.57. The third-order valence-electron chi connectivity index (χ3n) is 3.99. The average molecular weight is 274 g/mol. The Morgan fingerprint density at radius 1 is 1.30 bits per heavy atom. The molecule has 2 N–H and O–H groups in total. The number of aliphatic hydroxyl groups is 1. The summed E-state index contributed by atoms with van der Waals surface area (Å²) in [4.78, 5) is 4.27. The van der Waals surface area contributed by atoms with Crippen molar-refractivity contribution in [3.63, 3.8) is 0 Å². The number of pyridine rings is 1. The van der Waals surface area contributed by atoms with Gasteiger partial charge in [0.2, 0.25) is 0 Å². The number of aromatic nitrogens is 1. The molecule has 0 unspecified atom stereocenters. The number of nitrogens with zero attached hydrogens (tertiary/aromatic N) is 1. The van der Waals surface area contributed by atoms with Crippen LogP contribution in [0.3, 0.4) is 0 Å². The first kappa shape index (κ1) is 13.3. The second-order valence-electron chi connectivity index (χ2n) is 5.55. The van der Waals surface area contributed by atoms with E-state index in [1.807, 2.05) is 19.1 Å². The maximum atomic E-state index is 13.9. The Balaban J connectivity index is 2.00. The van der Waals surface area contributed by atoms with Gasteiger partial charge >= 0.3 is 0 Å². The van der Waals surface area contributed by atoms with Gasteiger partial charge in [0.15, 0.2) is 0 Å². The molecule has 3 nitrogen and oxygen atoms in total. The first-order valence-corrected chi connectivity index (χ1v) is 7.15. The highest BCUT2D eigenvalue weighted by molar-refractivity contribution is 5.91. The van der Waals surface area contributed by atoms with Gasteiger partial charge in [-0.25, -0.2) is 9.37 Å². The van der Waals surface area contributed by atoms with Gasteiger partial charge in [-0.2, -0.15) is 0 Å². The van der Waals surface area contributed by atoms with E-state index < -0.39 is 0 Å². The summed E-state index contributed by atoms with van der Waals surface area (Å²) in [6.07, 6.45) is 3.63. The van der Waals surface area contributed by atoms with Crippen molar-refractivity contribution in [1.82, 2.24) is 4.98 Å². The van der Waals surface area contributed by atoms with E-state index in [-0.39, 0.29) is 18.0 Å². The zero-order valence-electron chi connectivity index (χ0n) is 11.6. The number of halogens is 1. The number of hydrogen-bond donors (Lipinski definition) is 2. The van der Waals surface area contributed by atoms with Crippen LogP contribution in [0.2, 0.25) is 0 Å². The largest absolute Gasteiger partial charge is 0.391 e. The van der Waals surface area contributed by atoms with E-state index >= 15 is 0 Å². The number of aryl methyl sites for hydroxylation is 1. The SMILES string of the molecule is Cc1cc(N[C@H]2CCCC[C@@H]2O)c2cccc(F)c2n1. The molecule has 1 aromatic carbocycles. The van der Waals surface area contributed by atoms with Crippen LogP contribution < -0.4 is 5.32 Å². The summed E-state index contributed by atoms with van der Waals surface area (Å²) in [7, 11) is 0. The van der Waals surface area contributed by atoms with E-state index in [0.29, 0.717) is 5.52 Å². The van der Waals surface area contributed by atoms with Gasteiger partial charge in [0.1, 0.15) is 11.3 Å². The third kappa shape index (κ3) is 2.48. The van der Waals surface area contributed by atoms with Gasteiger partial charge in [-0.15, -0.1) is 0 Å². The van der Waals surface area contributed by atoms with Gasteiger partial charge in [-0.3, -0.25) is 0 Å². The van der Waals surface area contributed by atoms with Crippen LogP contribution in [0.1, 0.15) is 31.4 Å². The zero-order valence-corrected chi connectivity index (χ0v) is 11.6. The number of anilines is 1. The minimum absolute atomic E-state index is 0.0389. The second-order valence-corrected chi connectivity index (χ2v) is 5.55. The lowest BCUT2D eigenvalue weighted by Gasteiger charge is -2.29. The molecule has 106 valence electrons. The highest BCUT2D eigenvalue weighted by atomic mass is 19.1. The van der Waals surface area contributed by atoms with Crippen molar-refractivity contribution in [3.8, 4) is 0 Å². The van der Waals surface area contributed by atoms with Gasteiger partial charge in [0.25, 0.3) is 0 Å². The van der Waals surface area contributed by atoms with E-state index in [9.17, 15) is 9.50 Å². The molecular weight excluding hydrogens is 255 g/mol. The standard InChI is InChI=1S/C16H19FN2O/c1-10-9-14(19-13-7-2-3-8-15(13)20)11-5-4-6-12(17)16(11)18-10/h4-6,9,13,15,20H,2-3,7-8H2,1H3,(H,18,19)/t13-,15-/m0/s1. The molecule has 0 amide bonds. The molecule has 0 spiro atoms. The number of aliphatic hydroxyl groups excluding tert-OH is 1. The Bertz CT molecular complexity index is 629. The lowest BCUT2D eigenvalue weighted by Crippen LogP contribution is -2.36. The van der Waals surface area contributed by atoms with Gasteiger partial charge in [0.05, 0.1) is 12.1 Å². The molecule has 1 aliphatic carbocycles. The summed E-state index contributed by atoms with van der Waals surface area (Å²) in [5.74, 6) is -0.307. The number of benzene rings is 1. The molecule has 20 heavy (non-hydrogen) atoms. The number of fused-ring (bicyclic) bond motifs is 1. The van der Waals surface area contributed by atoms with Crippen LogP contribution in [0.25, 0.3) is 10.9 Å². The van der Waals surface area contributed by atoms with Crippen LogP contribution in [-0.4, -0.2) is 22.2 Å². The Morgan fingerprint density at radius 2 is 2.10 bits per heavy atom. The first-order chi connectivity index (χ1) is 9.65. The first-order valence-electron chi connectivity index (χ1n) is 7.15. The number of rotatable bonds is 2. The van der Waals surface area contributed by atoms with E-state index in [0.717, 1.165) is 42.5 Å². The van der Waals surface area contributed by atoms with Crippen molar-refractivity contribution in [2.45, 2.75) is 44.8 Å². The zero-order chi connectivity index (χ0) is 14.1. The van der Waals surface area contributed by atoms with Gasteiger partial charge in [-0.05, 0) is 31.9 Å². The molecule has 1 aliphatic rings. The Labute approximate surface area is 117 Å². The summed E-state index contributed by atoms with van der Waals surface area (Å²) in [6.45, 7) is 1.86. The van der Waals surface area contributed by atoms with Crippen LogP contribution in [0.15, 0.2) is 24.3 Å². The molecule has 4 heteroatoms. The summed E-state index contributed by atoms with van der Waals surface area (Å²) in [5, 5.41) is 14.2. The number of para-hydroxylation sites is 1. The fourth-order valence-electron chi connectivity index (χ4n) is 2.94. The molecule has 0 radical (unpaired) electrons. The molecule has 1 aromatic heterocycles. The van der Waals surface area contributed by atoms with E-state index in [2.05, 4.69) is 10.3 Å². The maximum absolute atomic E-state index is 13.9. The fraction of sp³-hybridized carbons (Fsp3) is 0.438. The maximum Gasteiger partial charge on any atom is 0.149 e. The lowest BCUT2D eigenvalue weighted by molar-refractivity contribution is 0.116. The molecule has 0 saturated heterocycles. The molecule has 0 bridgehead atoms. The minimum Gasteiger partial charge on any atom is -0.391 e. The predicted octanol–water partition coefficient (Wildman–Crippen LogP) is 3.40. The van der Waals surface area contributed by atoms with Crippen LogP contribution in [0, 0.1) is 12.7 Å². The topological polar surface area (TPSA) is 45.1 Å². The van der Waals surface area contributed by atoms with E-state index in [4.69, 9.17) is 0 Å². The number of hydrogen-bond acceptors (Lipinski definition) is 3. The molecule has 2 aromatic rings. The van der Waals surface area contributed by atoms with Crippen LogP contribution in [0.5, 0.6) is 0 Å². The molecular formula is C16H19FN2O. The van der Waals surface area contributed by atoms with Crippen molar-refractivity contribution in [2.75, 3.05) is 5.32 Å². The summed E-state index contributed by atoms with van der Waals surface area (Å²) in [6, 6.07) is 6.94. The van der Waals surface area contributed by atoms with Crippen molar-refractivity contribution in [2.24, 2.45) is 0 Å². The predicted molar refractivity (Wildman–Crippen MR) is 78.3 cm³/mol. The molecule has 3 rings (SSSR count). The van der Waals surface area contributed by atoms with Gasteiger partial charge in [-0.1, -0.05) is 25.0 Å². The Morgan fingerprint density at radius 3 is 2.90 bits per heavy atom. The molecule has 1 heterocycles. The molecule has 1 saturated carbocycles. The summed E-state index contributed by atoms with van der Waals surface area (Å²) >= 11 is 0. The minimum atomic E-state index is -0.333. The highest BCUT2D eigenvalue weighted by Crippen LogP contribution is 2.28. The highest BCUT2D eigenvalue weighted by Gasteiger charge is 2.23. The average Bonchev–Trinajstić information content (AvgIpc) is 2.42. The van der Waals surface area contributed by atoms with Crippen LogP contribution in [0.4, 0.5) is 10.1 Å². The van der Waals surface area contributed by atoms with E-state index in [1.165, 1.54) is 6.07 Å². The van der Waals surface area contributed by atoms with Crippen molar-refractivity contribution < 1.29 is 9.50 Å². The molecule has 1 fully saturated rings. The monoisotopic (exact) mass is 274 g/mol. The molecule has 2 atom stereocenters. The summed E-state index contributed by atoms with van der Waals surface area (Å²) in [5.41, 5.74) is 2.02.